The molecule has 0 atom stereocenters. The number of hydrogen-bond donors (Lipinski definition) is 1. The molecule has 3 fully saturated rings. The van der Waals surface area contributed by atoms with E-state index in [1.807, 2.05) is 0 Å². The van der Waals surface area contributed by atoms with Crippen LogP contribution in [0.25, 0.3) is 0 Å². The van der Waals surface area contributed by atoms with Gasteiger partial charge in [-0.05, 0) is 53.7 Å². The molecule has 1 aromatic carbocycles. The maximum atomic E-state index is 5.81. The molecule has 3 saturated carbocycles. The lowest BCUT2D eigenvalue weighted by atomic mass is 9.33. The standard InChI is InChI=1S/C15H21N/c1-11(2)12-3-5-13(6-4-12)15-7-14(8-15,9-15)10-16/h3-6,11H,7-10,16H2,1-2H3. The quantitative estimate of drug-likeness (QED) is 0.823. The molecule has 0 aromatic heterocycles. The van der Waals surface area contributed by atoms with Crippen LogP contribution in [0.4, 0.5) is 0 Å². The van der Waals surface area contributed by atoms with E-state index in [2.05, 4.69) is 38.1 Å². The Balaban J connectivity index is 1.78. The Labute approximate surface area is 98.0 Å². The lowest BCUT2D eigenvalue weighted by molar-refractivity contribution is -0.132. The summed E-state index contributed by atoms with van der Waals surface area (Å²) in [6, 6.07) is 9.29. The van der Waals surface area contributed by atoms with Crippen LogP contribution in [-0.4, -0.2) is 6.54 Å². The Bertz CT molecular complexity index is 382. The normalized spacial score (nSPS) is 35.8. The number of rotatable bonds is 3. The Kier molecular flexibility index (Phi) is 2.00. The zero-order valence-electron chi connectivity index (χ0n) is 10.3. The van der Waals surface area contributed by atoms with Crippen LogP contribution in [0.1, 0.15) is 50.2 Å². The highest BCUT2D eigenvalue weighted by molar-refractivity contribution is 5.40. The summed E-state index contributed by atoms with van der Waals surface area (Å²) in [7, 11) is 0. The fraction of sp³-hybridized carbons (Fsp3) is 0.600. The van der Waals surface area contributed by atoms with Crippen molar-refractivity contribution in [2.75, 3.05) is 6.54 Å². The molecule has 1 nitrogen and oxygen atoms in total. The third-order valence-corrected chi connectivity index (χ3v) is 4.76. The maximum absolute atomic E-state index is 5.81. The van der Waals surface area contributed by atoms with Gasteiger partial charge in [0.1, 0.15) is 0 Å². The summed E-state index contributed by atoms with van der Waals surface area (Å²) in [4.78, 5) is 0. The molecular formula is C15H21N. The zero-order chi connectivity index (χ0) is 11.4. The van der Waals surface area contributed by atoms with E-state index >= 15 is 0 Å². The molecule has 16 heavy (non-hydrogen) atoms. The van der Waals surface area contributed by atoms with Gasteiger partial charge in [0.25, 0.3) is 0 Å². The predicted octanol–water partition coefficient (Wildman–Crippen LogP) is 3.19. The van der Waals surface area contributed by atoms with E-state index in [1.165, 1.54) is 24.8 Å². The lowest BCUT2D eigenvalue weighted by Crippen LogP contribution is -2.67. The molecule has 3 aliphatic carbocycles. The molecule has 0 saturated heterocycles. The van der Waals surface area contributed by atoms with Gasteiger partial charge in [-0.2, -0.15) is 0 Å². The van der Waals surface area contributed by atoms with Crippen molar-refractivity contribution in [3.63, 3.8) is 0 Å². The van der Waals surface area contributed by atoms with E-state index in [-0.39, 0.29) is 0 Å². The van der Waals surface area contributed by atoms with E-state index in [9.17, 15) is 0 Å². The minimum Gasteiger partial charge on any atom is -0.330 e. The zero-order valence-corrected chi connectivity index (χ0v) is 10.3. The molecule has 4 rings (SSSR count). The number of nitrogens with two attached hydrogens (primary N) is 1. The van der Waals surface area contributed by atoms with E-state index in [4.69, 9.17) is 5.73 Å². The summed E-state index contributed by atoms with van der Waals surface area (Å²) in [5.41, 5.74) is 9.86. The summed E-state index contributed by atoms with van der Waals surface area (Å²) in [5.74, 6) is 0.637. The molecule has 2 bridgehead atoms. The van der Waals surface area contributed by atoms with Crippen LogP contribution in [0.3, 0.4) is 0 Å². The van der Waals surface area contributed by atoms with Crippen molar-refractivity contribution in [1.29, 1.82) is 0 Å². The van der Waals surface area contributed by atoms with Gasteiger partial charge >= 0.3 is 0 Å². The van der Waals surface area contributed by atoms with Gasteiger partial charge in [0.15, 0.2) is 0 Å². The first-order chi connectivity index (χ1) is 7.59. The van der Waals surface area contributed by atoms with E-state index in [1.54, 1.807) is 5.56 Å². The molecule has 0 spiro atoms. The van der Waals surface area contributed by atoms with Crippen LogP contribution in [0.5, 0.6) is 0 Å². The molecular weight excluding hydrogens is 194 g/mol. The second kappa shape index (κ2) is 3.10. The van der Waals surface area contributed by atoms with Crippen molar-refractivity contribution in [3.05, 3.63) is 35.4 Å². The minimum atomic E-state index is 0.523. The molecule has 0 radical (unpaired) electrons. The van der Waals surface area contributed by atoms with E-state index in [0.29, 0.717) is 16.7 Å². The highest BCUT2D eigenvalue weighted by Crippen LogP contribution is 2.73. The van der Waals surface area contributed by atoms with Crippen molar-refractivity contribution in [2.24, 2.45) is 11.1 Å². The smallest absolute Gasteiger partial charge is 0.00196 e. The minimum absolute atomic E-state index is 0.523. The van der Waals surface area contributed by atoms with Crippen molar-refractivity contribution in [1.82, 2.24) is 0 Å². The summed E-state index contributed by atoms with van der Waals surface area (Å²) in [6.07, 6.45) is 3.99. The number of benzene rings is 1. The molecule has 1 aromatic rings. The van der Waals surface area contributed by atoms with Crippen LogP contribution in [0.2, 0.25) is 0 Å². The average molecular weight is 215 g/mol. The summed E-state index contributed by atoms with van der Waals surface area (Å²) in [5, 5.41) is 0. The van der Waals surface area contributed by atoms with E-state index in [0.717, 1.165) is 6.54 Å². The SMILES string of the molecule is CC(C)c1ccc(C23CC(CN)(C2)C3)cc1. The molecule has 86 valence electrons. The van der Waals surface area contributed by atoms with Gasteiger partial charge in [-0.25, -0.2) is 0 Å². The predicted molar refractivity (Wildman–Crippen MR) is 67.5 cm³/mol. The van der Waals surface area contributed by atoms with Gasteiger partial charge < -0.3 is 5.73 Å². The van der Waals surface area contributed by atoms with E-state index < -0.39 is 0 Å². The molecule has 0 unspecified atom stereocenters. The van der Waals surface area contributed by atoms with Crippen molar-refractivity contribution in [3.8, 4) is 0 Å². The summed E-state index contributed by atoms with van der Waals surface area (Å²) >= 11 is 0. The Morgan fingerprint density at radius 3 is 2.12 bits per heavy atom. The van der Waals surface area contributed by atoms with Gasteiger partial charge in [0, 0.05) is 0 Å². The Morgan fingerprint density at radius 1 is 1.12 bits per heavy atom. The van der Waals surface area contributed by atoms with Crippen LogP contribution >= 0.6 is 0 Å². The fourth-order valence-electron chi connectivity index (χ4n) is 3.74. The van der Waals surface area contributed by atoms with Crippen molar-refractivity contribution in [2.45, 2.75) is 44.4 Å². The third-order valence-electron chi connectivity index (χ3n) is 4.76. The van der Waals surface area contributed by atoms with Gasteiger partial charge in [-0.15, -0.1) is 0 Å². The van der Waals surface area contributed by atoms with Gasteiger partial charge in [-0.1, -0.05) is 38.1 Å². The average Bonchev–Trinajstić information content (AvgIpc) is 2.15. The van der Waals surface area contributed by atoms with Crippen LogP contribution in [-0.2, 0) is 5.41 Å². The van der Waals surface area contributed by atoms with Crippen LogP contribution < -0.4 is 5.73 Å². The first-order valence-electron chi connectivity index (χ1n) is 6.40. The molecule has 1 heteroatoms. The summed E-state index contributed by atoms with van der Waals surface area (Å²) < 4.78 is 0. The summed E-state index contributed by atoms with van der Waals surface area (Å²) in [6.45, 7) is 5.39. The fourth-order valence-corrected chi connectivity index (χ4v) is 3.74. The topological polar surface area (TPSA) is 26.0 Å². The number of hydrogen-bond acceptors (Lipinski definition) is 1. The molecule has 3 aliphatic rings. The highest BCUT2D eigenvalue weighted by atomic mass is 14.8. The third kappa shape index (κ3) is 1.21. The van der Waals surface area contributed by atoms with Crippen LogP contribution in [0, 0.1) is 5.41 Å². The first kappa shape index (κ1) is 10.3. The van der Waals surface area contributed by atoms with Crippen LogP contribution in [0.15, 0.2) is 24.3 Å². The van der Waals surface area contributed by atoms with Gasteiger partial charge in [0.2, 0.25) is 0 Å². The maximum Gasteiger partial charge on any atom is -0.00196 e. The Morgan fingerprint density at radius 2 is 1.69 bits per heavy atom. The van der Waals surface area contributed by atoms with Crippen molar-refractivity contribution >= 4 is 0 Å². The second-order valence-corrected chi connectivity index (χ2v) is 6.29. The molecule has 0 amide bonds. The Hall–Kier alpha value is -0.820. The van der Waals surface area contributed by atoms with Gasteiger partial charge in [0.05, 0.1) is 0 Å². The first-order valence-corrected chi connectivity index (χ1v) is 6.40. The highest BCUT2D eigenvalue weighted by Gasteiger charge is 2.67. The lowest BCUT2D eigenvalue weighted by Gasteiger charge is -2.71. The van der Waals surface area contributed by atoms with Crippen molar-refractivity contribution < 1.29 is 0 Å². The molecule has 2 N–H and O–H groups in total. The molecule has 0 heterocycles. The van der Waals surface area contributed by atoms with Gasteiger partial charge in [-0.3, -0.25) is 0 Å². The monoisotopic (exact) mass is 215 g/mol. The second-order valence-electron chi connectivity index (χ2n) is 6.29. The largest absolute Gasteiger partial charge is 0.330 e. The molecule has 0 aliphatic heterocycles.